The van der Waals surface area contributed by atoms with E-state index in [0.29, 0.717) is 11.5 Å². The van der Waals surface area contributed by atoms with Crippen molar-refractivity contribution >= 4 is 17.3 Å². The fourth-order valence-electron chi connectivity index (χ4n) is 1.98. The Hall–Kier alpha value is -1.10. The molecule has 21 heavy (non-hydrogen) atoms. The van der Waals surface area contributed by atoms with Crippen LogP contribution in [0.4, 0.5) is 0 Å². The summed E-state index contributed by atoms with van der Waals surface area (Å²) in [6.07, 6.45) is 3.28. The summed E-state index contributed by atoms with van der Waals surface area (Å²) in [5.41, 5.74) is 1.54. The molecule has 0 fully saturated rings. The van der Waals surface area contributed by atoms with Crippen LogP contribution in [0.15, 0.2) is 10.4 Å². The minimum absolute atomic E-state index is 0.384. The van der Waals surface area contributed by atoms with Gasteiger partial charge in [0.1, 0.15) is 0 Å². The number of rotatable bonds is 6. The summed E-state index contributed by atoms with van der Waals surface area (Å²) >= 11 is 1.70. The van der Waals surface area contributed by atoms with E-state index in [9.17, 15) is 0 Å². The largest absolute Gasteiger partial charge is 0.356 e. The summed E-state index contributed by atoms with van der Waals surface area (Å²) < 4.78 is 0. The molecule has 1 aromatic rings. The number of aromatic nitrogens is 1. The van der Waals surface area contributed by atoms with E-state index < -0.39 is 0 Å². The quantitative estimate of drug-likeness (QED) is 0.625. The van der Waals surface area contributed by atoms with Crippen LogP contribution >= 0.6 is 11.3 Å². The Bertz CT molecular complexity index is 445. The van der Waals surface area contributed by atoms with Gasteiger partial charge in [-0.05, 0) is 32.1 Å². The molecule has 0 spiro atoms. The Morgan fingerprint density at radius 1 is 1.43 bits per heavy atom. The van der Waals surface area contributed by atoms with Crippen molar-refractivity contribution in [1.29, 1.82) is 0 Å². The number of aliphatic imine (C=N–C) groups is 1. The third kappa shape index (κ3) is 8.05. The highest BCUT2D eigenvalue weighted by atomic mass is 32.1. The van der Waals surface area contributed by atoms with E-state index in [-0.39, 0.29) is 0 Å². The van der Waals surface area contributed by atoms with Gasteiger partial charge in [0.15, 0.2) is 5.96 Å². The van der Waals surface area contributed by atoms with E-state index >= 15 is 0 Å². The fourth-order valence-corrected chi connectivity index (χ4v) is 2.63. The highest BCUT2D eigenvalue weighted by Crippen LogP contribution is 2.21. The molecule has 0 saturated carbocycles. The number of thiazole rings is 1. The molecular formula is C16H30N4S. The van der Waals surface area contributed by atoms with Gasteiger partial charge in [0.2, 0.25) is 0 Å². The Morgan fingerprint density at radius 2 is 2.14 bits per heavy atom. The molecule has 1 unspecified atom stereocenters. The van der Waals surface area contributed by atoms with Gasteiger partial charge in [-0.3, -0.25) is 4.99 Å². The predicted molar refractivity (Wildman–Crippen MR) is 93.2 cm³/mol. The van der Waals surface area contributed by atoms with Gasteiger partial charge in [-0.1, -0.05) is 20.8 Å². The lowest BCUT2D eigenvalue weighted by Gasteiger charge is -2.23. The highest BCUT2D eigenvalue weighted by Gasteiger charge is 2.13. The summed E-state index contributed by atoms with van der Waals surface area (Å²) in [6, 6.07) is 0.428. The smallest absolute Gasteiger partial charge is 0.191 e. The van der Waals surface area contributed by atoms with E-state index in [2.05, 4.69) is 53.7 Å². The van der Waals surface area contributed by atoms with Crippen molar-refractivity contribution in [2.75, 3.05) is 13.6 Å². The standard InChI is InChI=1S/C16H30N4S/c1-12(7-9-16(3,4)5)19-15(17-6)18-10-8-14-11-21-13(2)20-14/h11-12H,7-10H2,1-6H3,(H2,17,18,19). The number of guanidine groups is 1. The van der Waals surface area contributed by atoms with Gasteiger partial charge in [0, 0.05) is 31.4 Å². The molecule has 1 heterocycles. The summed E-state index contributed by atoms with van der Waals surface area (Å²) in [6.45, 7) is 11.9. The second-order valence-electron chi connectivity index (χ2n) is 6.75. The maximum atomic E-state index is 4.47. The molecule has 0 aliphatic rings. The topological polar surface area (TPSA) is 49.3 Å². The van der Waals surface area contributed by atoms with Gasteiger partial charge < -0.3 is 10.6 Å². The molecule has 0 radical (unpaired) electrons. The van der Waals surface area contributed by atoms with Crippen molar-refractivity contribution in [3.8, 4) is 0 Å². The first-order chi connectivity index (χ1) is 9.80. The number of hydrogen-bond donors (Lipinski definition) is 2. The first-order valence-electron chi connectivity index (χ1n) is 7.68. The van der Waals surface area contributed by atoms with Crippen molar-refractivity contribution in [3.05, 3.63) is 16.1 Å². The molecule has 1 aromatic heterocycles. The van der Waals surface area contributed by atoms with Crippen molar-refractivity contribution < 1.29 is 0 Å². The van der Waals surface area contributed by atoms with Crippen LogP contribution in [-0.2, 0) is 6.42 Å². The predicted octanol–water partition coefficient (Wildman–Crippen LogP) is 3.37. The number of aryl methyl sites for hydroxylation is 1. The zero-order chi connectivity index (χ0) is 15.9. The molecule has 0 bridgehead atoms. The Morgan fingerprint density at radius 3 is 2.67 bits per heavy atom. The van der Waals surface area contributed by atoms with Crippen molar-refractivity contribution in [2.45, 2.75) is 59.9 Å². The van der Waals surface area contributed by atoms with Crippen LogP contribution in [-0.4, -0.2) is 30.6 Å². The monoisotopic (exact) mass is 310 g/mol. The second-order valence-corrected chi connectivity index (χ2v) is 7.81. The molecule has 0 aromatic carbocycles. The first-order valence-corrected chi connectivity index (χ1v) is 8.56. The molecule has 1 atom stereocenters. The summed E-state index contributed by atoms with van der Waals surface area (Å²) in [7, 11) is 1.82. The van der Waals surface area contributed by atoms with E-state index in [1.165, 1.54) is 6.42 Å². The number of hydrogen-bond acceptors (Lipinski definition) is 3. The second kappa shape index (κ2) is 8.37. The van der Waals surface area contributed by atoms with Crippen LogP contribution in [0.2, 0.25) is 0 Å². The average Bonchev–Trinajstić information content (AvgIpc) is 2.80. The SMILES string of the molecule is CN=C(NCCc1csc(C)n1)NC(C)CCC(C)(C)C. The molecular weight excluding hydrogens is 280 g/mol. The number of nitrogens with zero attached hydrogens (tertiary/aromatic N) is 2. The Balaban J connectivity index is 2.28. The van der Waals surface area contributed by atoms with Gasteiger partial charge in [-0.25, -0.2) is 4.98 Å². The van der Waals surface area contributed by atoms with Crippen LogP contribution in [0.1, 0.15) is 51.2 Å². The van der Waals surface area contributed by atoms with E-state index in [1.807, 2.05) is 14.0 Å². The van der Waals surface area contributed by atoms with E-state index in [1.54, 1.807) is 11.3 Å². The maximum absolute atomic E-state index is 4.47. The zero-order valence-corrected chi connectivity index (χ0v) is 15.1. The lowest BCUT2D eigenvalue weighted by molar-refractivity contribution is 0.346. The van der Waals surface area contributed by atoms with Gasteiger partial charge >= 0.3 is 0 Å². The molecule has 0 amide bonds. The van der Waals surface area contributed by atoms with Gasteiger partial charge in [0.05, 0.1) is 10.7 Å². The minimum atomic E-state index is 0.384. The molecule has 2 N–H and O–H groups in total. The molecule has 0 saturated heterocycles. The first kappa shape index (κ1) is 18.0. The molecule has 120 valence electrons. The lowest BCUT2D eigenvalue weighted by atomic mass is 9.89. The van der Waals surface area contributed by atoms with E-state index in [4.69, 9.17) is 0 Å². The maximum Gasteiger partial charge on any atom is 0.191 e. The zero-order valence-electron chi connectivity index (χ0n) is 14.3. The molecule has 5 heteroatoms. The summed E-state index contributed by atoms with van der Waals surface area (Å²) in [4.78, 5) is 8.75. The van der Waals surface area contributed by atoms with Crippen LogP contribution in [0.3, 0.4) is 0 Å². The molecule has 0 aliphatic heterocycles. The van der Waals surface area contributed by atoms with Crippen molar-refractivity contribution in [2.24, 2.45) is 10.4 Å². The van der Waals surface area contributed by atoms with Crippen molar-refractivity contribution in [3.63, 3.8) is 0 Å². The van der Waals surface area contributed by atoms with E-state index in [0.717, 1.165) is 36.0 Å². The lowest BCUT2D eigenvalue weighted by Crippen LogP contribution is -2.43. The normalized spacial score (nSPS) is 14.1. The van der Waals surface area contributed by atoms with Gasteiger partial charge in [-0.15, -0.1) is 11.3 Å². The molecule has 1 rings (SSSR count). The van der Waals surface area contributed by atoms with Crippen LogP contribution in [0, 0.1) is 12.3 Å². The van der Waals surface area contributed by atoms with Gasteiger partial charge in [-0.2, -0.15) is 0 Å². The Labute approximate surface area is 133 Å². The van der Waals surface area contributed by atoms with Crippen LogP contribution in [0.25, 0.3) is 0 Å². The molecule has 4 nitrogen and oxygen atoms in total. The third-order valence-electron chi connectivity index (χ3n) is 3.27. The average molecular weight is 311 g/mol. The van der Waals surface area contributed by atoms with Crippen LogP contribution < -0.4 is 10.6 Å². The van der Waals surface area contributed by atoms with Crippen molar-refractivity contribution in [1.82, 2.24) is 15.6 Å². The number of nitrogens with one attached hydrogen (secondary N) is 2. The minimum Gasteiger partial charge on any atom is -0.356 e. The van der Waals surface area contributed by atoms with Gasteiger partial charge in [0.25, 0.3) is 0 Å². The summed E-state index contributed by atoms with van der Waals surface area (Å²) in [5, 5.41) is 10.1. The Kier molecular flexibility index (Phi) is 7.15. The molecule has 0 aliphatic carbocycles. The van der Waals surface area contributed by atoms with Crippen LogP contribution in [0.5, 0.6) is 0 Å². The highest BCUT2D eigenvalue weighted by molar-refractivity contribution is 7.09. The summed E-state index contributed by atoms with van der Waals surface area (Å²) in [5.74, 6) is 0.878. The fraction of sp³-hybridized carbons (Fsp3) is 0.750. The third-order valence-corrected chi connectivity index (χ3v) is 4.10.